The van der Waals surface area contributed by atoms with Gasteiger partial charge in [0.2, 0.25) is 5.91 Å². The first-order chi connectivity index (χ1) is 14.0. The van der Waals surface area contributed by atoms with Crippen LogP contribution in [0, 0.1) is 0 Å². The molecule has 2 aromatic rings. The van der Waals surface area contributed by atoms with Crippen molar-refractivity contribution in [2.24, 2.45) is 0 Å². The molecule has 8 heteroatoms. The molecular formula is C21H22Cl2N3O3+. The molecule has 2 fully saturated rings. The number of methoxy groups -OCH3 is 1. The average molecular weight is 435 g/mol. The van der Waals surface area contributed by atoms with Crippen LogP contribution in [0.3, 0.4) is 0 Å². The molecule has 4 rings (SSSR count). The van der Waals surface area contributed by atoms with Crippen molar-refractivity contribution >= 4 is 46.4 Å². The van der Waals surface area contributed by atoms with E-state index >= 15 is 0 Å². The van der Waals surface area contributed by atoms with Crippen LogP contribution in [0.2, 0.25) is 10.0 Å². The van der Waals surface area contributed by atoms with Crippen molar-refractivity contribution in [3.8, 4) is 5.75 Å². The lowest BCUT2D eigenvalue weighted by molar-refractivity contribution is -0.915. The summed E-state index contributed by atoms with van der Waals surface area (Å²) in [7, 11) is 1.67. The predicted molar refractivity (Wildman–Crippen MR) is 113 cm³/mol. The van der Waals surface area contributed by atoms with Gasteiger partial charge in [-0.2, -0.15) is 0 Å². The Balaban J connectivity index is 1.47. The Kier molecular flexibility index (Phi) is 5.67. The summed E-state index contributed by atoms with van der Waals surface area (Å²) in [5, 5.41) is 0.795. The second-order valence-corrected chi connectivity index (χ2v) is 8.14. The number of halogens is 2. The summed E-state index contributed by atoms with van der Waals surface area (Å²) in [6.07, 6.45) is 0.201. The van der Waals surface area contributed by atoms with Gasteiger partial charge in [-0.25, -0.2) is 4.90 Å². The van der Waals surface area contributed by atoms with Gasteiger partial charge < -0.3 is 14.5 Å². The second kappa shape index (κ2) is 8.22. The molecule has 2 saturated heterocycles. The normalized spacial score (nSPS) is 20.4. The van der Waals surface area contributed by atoms with Crippen molar-refractivity contribution in [2.45, 2.75) is 12.5 Å². The third kappa shape index (κ3) is 3.92. The number of benzene rings is 2. The molecule has 0 radical (unpaired) electrons. The highest BCUT2D eigenvalue weighted by Gasteiger charge is 2.46. The zero-order chi connectivity index (χ0) is 20.5. The summed E-state index contributed by atoms with van der Waals surface area (Å²) in [4.78, 5) is 30.3. The number of hydrogen-bond acceptors (Lipinski definition) is 4. The summed E-state index contributed by atoms with van der Waals surface area (Å²) in [5.74, 6) is 0.444. The SMILES string of the molecule is COc1ccccc1N1CC[NH+]([C@H]2CC(=O)N(c3cc(Cl)cc(Cl)c3)C2=O)CC1. The van der Waals surface area contributed by atoms with Gasteiger partial charge in [0.25, 0.3) is 5.91 Å². The van der Waals surface area contributed by atoms with Gasteiger partial charge in [-0.1, -0.05) is 35.3 Å². The monoisotopic (exact) mass is 434 g/mol. The smallest absolute Gasteiger partial charge is 0.292 e. The van der Waals surface area contributed by atoms with Crippen molar-refractivity contribution in [3.63, 3.8) is 0 Å². The number of carbonyl (C=O) groups is 2. The molecule has 152 valence electrons. The van der Waals surface area contributed by atoms with Crippen LogP contribution in [0.25, 0.3) is 0 Å². The van der Waals surface area contributed by atoms with Crippen LogP contribution in [-0.4, -0.2) is 51.1 Å². The molecule has 29 heavy (non-hydrogen) atoms. The lowest BCUT2D eigenvalue weighted by atomic mass is 10.1. The third-order valence-corrected chi connectivity index (χ3v) is 6.01. The second-order valence-electron chi connectivity index (χ2n) is 7.27. The highest BCUT2D eigenvalue weighted by molar-refractivity contribution is 6.35. The molecule has 0 aliphatic carbocycles. The first-order valence-electron chi connectivity index (χ1n) is 9.53. The molecule has 2 aromatic carbocycles. The van der Waals surface area contributed by atoms with Gasteiger partial charge in [0.05, 0.1) is 51.1 Å². The van der Waals surface area contributed by atoms with E-state index in [0.29, 0.717) is 15.7 Å². The third-order valence-electron chi connectivity index (χ3n) is 5.58. The number of quaternary nitrogens is 1. The van der Waals surface area contributed by atoms with Crippen LogP contribution in [-0.2, 0) is 9.59 Å². The Morgan fingerprint density at radius 2 is 1.69 bits per heavy atom. The number of nitrogens with zero attached hydrogens (tertiary/aromatic N) is 2. The lowest BCUT2D eigenvalue weighted by Gasteiger charge is -2.36. The van der Waals surface area contributed by atoms with E-state index in [1.54, 1.807) is 25.3 Å². The lowest BCUT2D eigenvalue weighted by Crippen LogP contribution is -3.19. The van der Waals surface area contributed by atoms with Crippen LogP contribution in [0.5, 0.6) is 5.75 Å². The molecule has 2 amide bonds. The summed E-state index contributed by atoms with van der Waals surface area (Å²) in [5.41, 5.74) is 1.49. The maximum absolute atomic E-state index is 13.1. The number of nitrogens with one attached hydrogen (secondary N) is 1. The number of amides is 2. The average Bonchev–Trinajstić information content (AvgIpc) is 3.01. The van der Waals surface area contributed by atoms with Crippen molar-refractivity contribution in [3.05, 3.63) is 52.5 Å². The minimum absolute atomic E-state index is 0.186. The van der Waals surface area contributed by atoms with Gasteiger partial charge in [-0.05, 0) is 30.3 Å². The maximum Gasteiger partial charge on any atom is 0.292 e. The van der Waals surface area contributed by atoms with Gasteiger partial charge in [-0.3, -0.25) is 9.59 Å². The quantitative estimate of drug-likeness (QED) is 0.748. The number of hydrogen-bond donors (Lipinski definition) is 1. The van der Waals surface area contributed by atoms with E-state index < -0.39 is 0 Å². The zero-order valence-corrected chi connectivity index (χ0v) is 17.5. The molecule has 6 nitrogen and oxygen atoms in total. The molecule has 0 bridgehead atoms. The number of imide groups is 1. The molecule has 1 atom stereocenters. The Bertz CT molecular complexity index is 924. The van der Waals surface area contributed by atoms with Crippen LogP contribution in [0.15, 0.2) is 42.5 Å². The van der Waals surface area contributed by atoms with Gasteiger partial charge in [0, 0.05) is 10.0 Å². The number of anilines is 2. The number of ether oxygens (including phenoxy) is 1. The summed E-state index contributed by atoms with van der Waals surface area (Å²) in [6.45, 7) is 3.12. The van der Waals surface area contributed by atoms with E-state index in [0.717, 1.165) is 42.5 Å². The number of para-hydroxylation sites is 2. The fraction of sp³-hybridized carbons (Fsp3) is 0.333. The Labute approximate surface area is 179 Å². The largest absolute Gasteiger partial charge is 0.495 e. The summed E-state index contributed by atoms with van der Waals surface area (Å²) in [6, 6.07) is 12.3. The summed E-state index contributed by atoms with van der Waals surface area (Å²) < 4.78 is 5.46. The fourth-order valence-corrected chi connectivity index (χ4v) is 4.68. The molecule has 1 N–H and O–H groups in total. The molecule has 0 spiro atoms. The predicted octanol–water partition coefficient (Wildman–Crippen LogP) is 2.04. The molecular weight excluding hydrogens is 413 g/mol. The Morgan fingerprint density at radius 1 is 1.03 bits per heavy atom. The number of carbonyl (C=O) groups excluding carboxylic acids is 2. The van der Waals surface area contributed by atoms with E-state index in [4.69, 9.17) is 27.9 Å². The van der Waals surface area contributed by atoms with Crippen molar-refractivity contribution in [1.29, 1.82) is 0 Å². The van der Waals surface area contributed by atoms with E-state index in [-0.39, 0.29) is 24.3 Å². The van der Waals surface area contributed by atoms with Crippen LogP contribution in [0.4, 0.5) is 11.4 Å². The first-order valence-corrected chi connectivity index (χ1v) is 10.3. The maximum atomic E-state index is 13.1. The van der Waals surface area contributed by atoms with Crippen LogP contribution < -0.4 is 19.4 Å². The number of rotatable bonds is 4. The van der Waals surface area contributed by atoms with Crippen molar-refractivity contribution in [1.82, 2.24) is 0 Å². The van der Waals surface area contributed by atoms with Crippen molar-refractivity contribution in [2.75, 3.05) is 43.1 Å². The van der Waals surface area contributed by atoms with Gasteiger partial charge in [-0.15, -0.1) is 0 Å². The van der Waals surface area contributed by atoms with Gasteiger partial charge in [0.1, 0.15) is 5.75 Å². The van der Waals surface area contributed by atoms with Crippen molar-refractivity contribution < 1.29 is 19.2 Å². The standard InChI is InChI=1S/C21H21Cl2N3O3/c1-29-19-5-3-2-4-17(19)24-6-8-25(9-7-24)18-13-20(27)26(21(18)28)16-11-14(22)10-15(23)12-16/h2-5,10-12,18H,6-9,13H2,1H3/p+1/t18-/m0/s1. The van der Waals surface area contributed by atoms with E-state index in [9.17, 15) is 9.59 Å². The highest BCUT2D eigenvalue weighted by atomic mass is 35.5. The molecule has 0 unspecified atom stereocenters. The minimum atomic E-state index is -0.375. The number of piperazine rings is 1. The highest BCUT2D eigenvalue weighted by Crippen LogP contribution is 2.30. The molecule has 2 aliphatic heterocycles. The molecule has 2 heterocycles. The Hall–Kier alpha value is -2.28. The van der Waals surface area contributed by atoms with Gasteiger partial charge >= 0.3 is 0 Å². The summed E-state index contributed by atoms with van der Waals surface area (Å²) >= 11 is 12.1. The molecule has 2 aliphatic rings. The van der Waals surface area contributed by atoms with Crippen LogP contribution in [0.1, 0.15) is 6.42 Å². The zero-order valence-electron chi connectivity index (χ0n) is 16.0. The van der Waals surface area contributed by atoms with Gasteiger partial charge in [0.15, 0.2) is 6.04 Å². The fourth-order valence-electron chi connectivity index (χ4n) is 4.16. The van der Waals surface area contributed by atoms with Crippen LogP contribution >= 0.6 is 23.2 Å². The molecule has 0 aromatic heterocycles. The van der Waals surface area contributed by atoms with E-state index in [1.807, 2.05) is 24.3 Å². The topological polar surface area (TPSA) is 54.3 Å². The molecule has 0 saturated carbocycles. The van der Waals surface area contributed by atoms with E-state index in [1.165, 1.54) is 4.90 Å². The van der Waals surface area contributed by atoms with E-state index in [2.05, 4.69) is 4.90 Å². The Morgan fingerprint density at radius 3 is 2.34 bits per heavy atom. The first kappa shape index (κ1) is 20.0. The minimum Gasteiger partial charge on any atom is -0.495 e.